The maximum absolute atomic E-state index is 13.5. The van der Waals surface area contributed by atoms with Gasteiger partial charge in [0.25, 0.3) is 0 Å². The molecule has 1 rings (SSSR count). The zero-order valence-electron chi connectivity index (χ0n) is 9.03. The summed E-state index contributed by atoms with van der Waals surface area (Å²) in [5.74, 6) is -2.26. The highest BCUT2D eigenvalue weighted by Gasteiger charge is 2.15. The van der Waals surface area contributed by atoms with Crippen molar-refractivity contribution in [3.8, 4) is 0 Å². The largest absolute Gasteiger partial charge is 0.478 e. The van der Waals surface area contributed by atoms with Crippen LogP contribution in [0.25, 0.3) is 0 Å². The van der Waals surface area contributed by atoms with Gasteiger partial charge in [-0.2, -0.15) is 0 Å². The fourth-order valence-electron chi connectivity index (χ4n) is 1.06. The Hall–Kier alpha value is -1.69. The molecule has 16 heavy (non-hydrogen) atoms. The first-order valence-electron chi connectivity index (χ1n) is 4.70. The quantitative estimate of drug-likeness (QED) is 0.796. The molecule has 0 saturated carbocycles. The fourth-order valence-corrected chi connectivity index (χ4v) is 1.06. The molecule has 5 nitrogen and oxygen atoms in total. The smallest absolute Gasteiger partial charge is 0.338 e. The van der Waals surface area contributed by atoms with Crippen LogP contribution in [0.1, 0.15) is 17.3 Å². The molecule has 0 radical (unpaired) electrons. The van der Waals surface area contributed by atoms with Crippen LogP contribution in [0.5, 0.6) is 0 Å². The van der Waals surface area contributed by atoms with Crippen LogP contribution in [0.15, 0.2) is 12.3 Å². The number of ether oxygens (including phenoxy) is 1. The molecule has 0 aromatic carbocycles. The summed E-state index contributed by atoms with van der Waals surface area (Å²) < 4.78 is 18.5. The topological polar surface area (TPSA) is 71.5 Å². The number of aromatic carboxylic acids is 1. The van der Waals surface area contributed by atoms with Crippen molar-refractivity contribution in [1.82, 2.24) is 4.98 Å². The number of carbonyl (C=O) groups is 1. The summed E-state index contributed by atoms with van der Waals surface area (Å²) >= 11 is 0. The van der Waals surface area contributed by atoms with Crippen molar-refractivity contribution in [2.75, 3.05) is 19.0 Å². The van der Waals surface area contributed by atoms with E-state index in [0.29, 0.717) is 6.54 Å². The van der Waals surface area contributed by atoms with Gasteiger partial charge in [0, 0.05) is 19.9 Å². The second-order valence-corrected chi connectivity index (χ2v) is 3.25. The first-order chi connectivity index (χ1) is 7.56. The van der Waals surface area contributed by atoms with Gasteiger partial charge >= 0.3 is 5.97 Å². The van der Waals surface area contributed by atoms with Crippen molar-refractivity contribution in [3.63, 3.8) is 0 Å². The average Bonchev–Trinajstić information content (AvgIpc) is 2.26. The first-order valence-corrected chi connectivity index (χ1v) is 4.70. The van der Waals surface area contributed by atoms with E-state index in [4.69, 9.17) is 9.84 Å². The summed E-state index contributed by atoms with van der Waals surface area (Å²) in [5.41, 5.74) is -0.400. The molecule has 0 aliphatic rings. The number of methoxy groups -OCH3 is 1. The summed E-state index contributed by atoms with van der Waals surface area (Å²) in [6.07, 6.45) is 1.13. The lowest BCUT2D eigenvalue weighted by atomic mass is 10.2. The standard InChI is InChI=1S/C10H13FN2O3/c1-6(16-2)5-13-9-8(11)7(10(14)15)3-4-12-9/h3-4,6H,5H2,1-2H3,(H,12,13)(H,14,15). The van der Waals surface area contributed by atoms with Gasteiger partial charge < -0.3 is 15.2 Å². The molecule has 0 aliphatic carbocycles. The Kier molecular flexibility index (Phi) is 4.19. The van der Waals surface area contributed by atoms with Crippen LogP contribution in [0.2, 0.25) is 0 Å². The molecule has 2 N–H and O–H groups in total. The third-order valence-electron chi connectivity index (χ3n) is 2.08. The second-order valence-electron chi connectivity index (χ2n) is 3.25. The Morgan fingerprint density at radius 1 is 1.75 bits per heavy atom. The molecule has 0 fully saturated rings. The first kappa shape index (κ1) is 12.4. The Balaban J connectivity index is 2.81. The Morgan fingerprint density at radius 3 is 3.00 bits per heavy atom. The highest BCUT2D eigenvalue weighted by atomic mass is 19.1. The van der Waals surface area contributed by atoms with Gasteiger partial charge in [-0.25, -0.2) is 14.2 Å². The summed E-state index contributed by atoms with van der Waals surface area (Å²) in [5, 5.41) is 11.4. The molecule has 0 amide bonds. The van der Waals surface area contributed by atoms with Gasteiger partial charge in [0.15, 0.2) is 11.6 Å². The number of anilines is 1. The number of pyridine rings is 1. The van der Waals surface area contributed by atoms with Gasteiger partial charge in [-0.15, -0.1) is 0 Å². The molecule has 6 heteroatoms. The SMILES string of the molecule is COC(C)CNc1nccc(C(=O)O)c1F. The summed E-state index contributed by atoms with van der Waals surface area (Å²) in [6.45, 7) is 2.15. The predicted molar refractivity (Wildman–Crippen MR) is 56.1 cm³/mol. The van der Waals surface area contributed by atoms with E-state index in [0.717, 1.165) is 6.07 Å². The van der Waals surface area contributed by atoms with Gasteiger partial charge in [0.1, 0.15) is 5.56 Å². The highest BCUT2D eigenvalue weighted by Crippen LogP contribution is 2.14. The van der Waals surface area contributed by atoms with E-state index in [1.807, 2.05) is 0 Å². The maximum atomic E-state index is 13.5. The minimum Gasteiger partial charge on any atom is -0.478 e. The van der Waals surface area contributed by atoms with E-state index in [1.165, 1.54) is 13.3 Å². The van der Waals surface area contributed by atoms with Crippen LogP contribution in [0.3, 0.4) is 0 Å². The van der Waals surface area contributed by atoms with E-state index < -0.39 is 17.3 Å². The number of carboxylic acid groups (broad SMARTS) is 1. The zero-order valence-corrected chi connectivity index (χ0v) is 9.03. The lowest BCUT2D eigenvalue weighted by molar-refractivity contribution is 0.0692. The van der Waals surface area contributed by atoms with Crippen LogP contribution < -0.4 is 5.32 Å². The molecule has 1 aromatic heterocycles. The molecule has 1 unspecified atom stereocenters. The Labute approximate surface area is 92.3 Å². The predicted octanol–water partition coefficient (Wildman–Crippen LogP) is 1.37. The molecule has 1 atom stereocenters. The number of hydrogen-bond acceptors (Lipinski definition) is 4. The molecule has 0 spiro atoms. The third kappa shape index (κ3) is 2.90. The molecule has 1 heterocycles. The van der Waals surface area contributed by atoms with Crippen molar-refractivity contribution in [2.24, 2.45) is 0 Å². The van der Waals surface area contributed by atoms with E-state index in [-0.39, 0.29) is 11.9 Å². The number of nitrogens with one attached hydrogen (secondary N) is 1. The molecule has 0 saturated heterocycles. The van der Waals surface area contributed by atoms with E-state index in [9.17, 15) is 9.18 Å². The Bertz CT molecular complexity index is 384. The maximum Gasteiger partial charge on any atom is 0.338 e. The van der Waals surface area contributed by atoms with Crippen molar-refractivity contribution < 1.29 is 19.0 Å². The number of hydrogen-bond donors (Lipinski definition) is 2. The Morgan fingerprint density at radius 2 is 2.44 bits per heavy atom. The van der Waals surface area contributed by atoms with Crippen LogP contribution in [0, 0.1) is 5.82 Å². The molecular weight excluding hydrogens is 215 g/mol. The number of nitrogens with zero attached hydrogens (tertiary/aromatic N) is 1. The summed E-state index contributed by atoms with van der Waals surface area (Å²) in [6, 6.07) is 1.11. The fraction of sp³-hybridized carbons (Fsp3) is 0.400. The lowest BCUT2D eigenvalue weighted by Gasteiger charge is -2.12. The number of carboxylic acids is 1. The molecule has 1 aromatic rings. The minimum absolute atomic E-state index is 0.0798. The van der Waals surface area contributed by atoms with E-state index in [2.05, 4.69) is 10.3 Å². The van der Waals surface area contributed by atoms with Gasteiger partial charge in [-0.3, -0.25) is 0 Å². The molecule has 0 aliphatic heterocycles. The minimum atomic E-state index is -1.32. The van der Waals surface area contributed by atoms with Gasteiger partial charge in [-0.05, 0) is 13.0 Å². The summed E-state index contributed by atoms with van der Waals surface area (Å²) in [7, 11) is 1.53. The molecular formula is C10H13FN2O3. The van der Waals surface area contributed by atoms with Crippen LogP contribution in [0.4, 0.5) is 10.2 Å². The number of aromatic nitrogens is 1. The number of halogens is 1. The van der Waals surface area contributed by atoms with E-state index in [1.54, 1.807) is 6.92 Å². The molecule has 0 bridgehead atoms. The highest BCUT2D eigenvalue weighted by molar-refractivity contribution is 5.88. The van der Waals surface area contributed by atoms with Gasteiger partial charge in [0.05, 0.1) is 6.10 Å². The number of rotatable bonds is 5. The zero-order chi connectivity index (χ0) is 12.1. The second kappa shape index (κ2) is 5.41. The normalized spacial score (nSPS) is 12.2. The van der Waals surface area contributed by atoms with Crippen LogP contribution in [-0.2, 0) is 4.74 Å². The van der Waals surface area contributed by atoms with Crippen molar-refractivity contribution in [3.05, 3.63) is 23.6 Å². The van der Waals surface area contributed by atoms with Crippen molar-refractivity contribution in [2.45, 2.75) is 13.0 Å². The molecule has 88 valence electrons. The third-order valence-corrected chi connectivity index (χ3v) is 2.08. The monoisotopic (exact) mass is 228 g/mol. The van der Waals surface area contributed by atoms with Crippen LogP contribution in [-0.4, -0.2) is 35.8 Å². The lowest BCUT2D eigenvalue weighted by Crippen LogP contribution is -2.20. The van der Waals surface area contributed by atoms with Crippen molar-refractivity contribution in [1.29, 1.82) is 0 Å². The van der Waals surface area contributed by atoms with Crippen LogP contribution >= 0.6 is 0 Å². The van der Waals surface area contributed by atoms with Gasteiger partial charge in [0.2, 0.25) is 0 Å². The summed E-state index contributed by atoms with van der Waals surface area (Å²) in [4.78, 5) is 14.4. The average molecular weight is 228 g/mol. The van der Waals surface area contributed by atoms with Crippen molar-refractivity contribution >= 4 is 11.8 Å². The van der Waals surface area contributed by atoms with Gasteiger partial charge in [-0.1, -0.05) is 0 Å². The van der Waals surface area contributed by atoms with E-state index >= 15 is 0 Å².